The smallest absolute Gasteiger partial charge is 0.276 e. The number of nitrogens with one attached hydrogen (secondary N) is 2. The van der Waals surface area contributed by atoms with Crippen molar-refractivity contribution >= 4 is 35.0 Å². The molecule has 3 heterocycles. The van der Waals surface area contributed by atoms with E-state index in [0.717, 1.165) is 68.1 Å². The van der Waals surface area contributed by atoms with E-state index in [1.165, 1.54) is 40.4 Å². The molecule has 332 valence electrons. The summed E-state index contributed by atoms with van der Waals surface area (Å²) in [5.74, 6) is -2.68. The average molecular weight is 909 g/mol. The van der Waals surface area contributed by atoms with Crippen LogP contribution in [0.5, 0.6) is 11.5 Å². The number of aryl methyl sites for hydroxylation is 1. The third-order valence-corrected chi connectivity index (χ3v) is 13.1. The zero-order chi connectivity index (χ0) is 45.6. The summed E-state index contributed by atoms with van der Waals surface area (Å²) < 4.78 is 16.5. The first kappa shape index (κ1) is 45.6. The predicted molar refractivity (Wildman–Crippen MR) is 242 cm³/mol. The van der Waals surface area contributed by atoms with Crippen LogP contribution in [0.15, 0.2) is 107 Å². The van der Waals surface area contributed by atoms with Crippen molar-refractivity contribution < 1.29 is 24.2 Å². The number of hydrogen-bond acceptors (Lipinski definition) is 9. The molecular weight excluding hydrogens is 860 g/mol. The molecule has 0 unspecified atom stereocenters. The number of hydrogen-bond donors (Lipinski definition) is 4. The second-order valence-corrected chi connectivity index (χ2v) is 17.4. The quantitative estimate of drug-likeness (QED) is 0.100. The van der Waals surface area contributed by atoms with Gasteiger partial charge in [0.1, 0.15) is 5.82 Å². The van der Waals surface area contributed by atoms with Gasteiger partial charge in [0.2, 0.25) is 0 Å². The SMILES string of the molecule is CNC(=O)c1nn(CC2(c3ccc(-c4ccncc4)cc3)CCCC2)cc(O)c1=O.Cc1cc(CNC(=O)c2nn(CC3(c4ccc(Cl)c(Cl)c4)CCCC3)cc(O)c2=O)ccc1F. The van der Waals surface area contributed by atoms with Gasteiger partial charge in [0.25, 0.3) is 22.7 Å². The Morgan fingerprint density at radius 3 is 1.75 bits per heavy atom. The maximum Gasteiger partial charge on any atom is 0.276 e. The predicted octanol–water partition coefficient (Wildman–Crippen LogP) is 8.03. The molecule has 0 aliphatic heterocycles. The van der Waals surface area contributed by atoms with Gasteiger partial charge in [-0.2, -0.15) is 10.2 Å². The highest BCUT2D eigenvalue weighted by Crippen LogP contribution is 2.45. The number of nitrogens with zero attached hydrogens (tertiary/aromatic N) is 5. The van der Waals surface area contributed by atoms with E-state index in [9.17, 15) is 33.8 Å². The first-order valence-electron chi connectivity index (χ1n) is 21.0. The lowest BCUT2D eigenvalue weighted by molar-refractivity contribution is 0.0937. The lowest BCUT2D eigenvalue weighted by Gasteiger charge is -2.30. The topological polar surface area (TPSA) is 181 Å². The van der Waals surface area contributed by atoms with E-state index < -0.39 is 39.9 Å². The number of carbonyl (C=O) groups excluding carboxylic acids is 2. The van der Waals surface area contributed by atoms with Crippen LogP contribution >= 0.6 is 23.2 Å². The zero-order valence-corrected chi connectivity index (χ0v) is 36.9. The fourth-order valence-electron chi connectivity index (χ4n) is 8.89. The van der Waals surface area contributed by atoms with Gasteiger partial charge in [0.15, 0.2) is 22.9 Å². The molecule has 0 radical (unpaired) electrons. The van der Waals surface area contributed by atoms with E-state index in [1.807, 2.05) is 24.3 Å². The van der Waals surface area contributed by atoms with Crippen molar-refractivity contribution in [3.63, 3.8) is 0 Å². The van der Waals surface area contributed by atoms with Gasteiger partial charge < -0.3 is 20.8 Å². The van der Waals surface area contributed by atoms with Crippen LogP contribution in [0.3, 0.4) is 0 Å². The molecule has 6 aromatic rings. The fraction of sp³-hybridized carbons (Fsp3) is 0.312. The molecule has 16 heteroatoms. The summed E-state index contributed by atoms with van der Waals surface area (Å²) >= 11 is 12.4. The van der Waals surface area contributed by atoms with Crippen LogP contribution in [0, 0.1) is 12.7 Å². The van der Waals surface area contributed by atoms with Gasteiger partial charge >= 0.3 is 0 Å². The normalized spacial score (nSPS) is 15.0. The fourth-order valence-corrected chi connectivity index (χ4v) is 9.19. The Balaban J connectivity index is 0.000000193. The second kappa shape index (κ2) is 19.6. The summed E-state index contributed by atoms with van der Waals surface area (Å²) in [5, 5.41) is 34.8. The zero-order valence-electron chi connectivity index (χ0n) is 35.4. The number of carbonyl (C=O) groups is 2. The molecule has 3 aromatic carbocycles. The molecule has 3 aromatic heterocycles. The highest BCUT2D eigenvalue weighted by Gasteiger charge is 2.38. The molecule has 0 saturated heterocycles. The van der Waals surface area contributed by atoms with Crippen LogP contribution in [-0.4, -0.2) is 53.6 Å². The average Bonchev–Trinajstić information content (AvgIpc) is 3.99. The third-order valence-electron chi connectivity index (χ3n) is 12.3. The van der Waals surface area contributed by atoms with Gasteiger partial charge in [-0.25, -0.2) is 4.39 Å². The molecule has 2 amide bonds. The number of benzene rings is 3. The number of amides is 2. The Kier molecular flexibility index (Phi) is 14.0. The second-order valence-electron chi connectivity index (χ2n) is 16.5. The Morgan fingerprint density at radius 1 is 0.703 bits per heavy atom. The molecule has 0 spiro atoms. The van der Waals surface area contributed by atoms with Gasteiger partial charge in [-0.1, -0.05) is 91.3 Å². The van der Waals surface area contributed by atoms with E-state index in [0.29, 0.717) is 34.3 Å². The number of aromatic hydroxyl groups is 2. The van der Waals surface area contributed by atoms with E-state index in [1.54, 1.807) is 37.5 Å². The number of pyridine rings is 1. The van der Waals surface area contributed by atoms with Crippen LogP contribution in [0.1, 0.15) is 94.6 Å². The first-order chi connectivity index (χ1) is 30.7. The maximum atomic E-state index is 13.5. The molecule has 4 N–H and O–H groups in total. The summed E-state index contributed by atoms with van der Waals surface area (Å²) in [7, 11) is 1.43. The van der Waals surface area contributed by atoms with Crippen LogP contribution in [0.4, 0.5) is 4.39 Å². The van der Waals surface area contributed by atoms with Crippen molar-refractivity contribution in [2.45, 2.75) is 88.8 Å². The highest BCUT2D eigenvalue weighted by molar-refractivity contribution is 6.42. The van der Waals surface area contributed by atoms with Gasteiger partial charge in [0.05, 0.1) is 35.5 Å². The molecule has 0 atom stereocenters. The van der Waals surface area contributed by atoms with Crippen LogP contribution in [-0.2, 0) is 30.5 Å². The number of rotatable bonds is 11. The summed E-state index contributed by atoms with van der Waals surface area (Å²) in [5.41, 5.74) is 2.77. The highest BCUT2D eigenvalue weighted by atomic mass is 35.5. The minimum absolute atomic E-state index is 0.0872. The maximum absolute atomic E-state index is 13.5. The van der Waals surface area contributed by atoms with Crippen molar-refractivity contribution in [1.82, 2.24) is 35.2 Å². The summed E-state index contributed by atoms with van der Waals surface area (Å²) in [6, 6.07) is 22.5. The van der Waals surface area contributed by atoms with Crippen molar-refractivity contribution in [2.24, 2.45) is 0 Å². The molecule has 64 heavy (non-hydrogen) atoms. The standard InChI is InChI=1S/C25H24Cl2FN3O3.C23H24N4O3/c1-15-10-16(4-7-20(15)28)12-29-24(34)22-23(33)21(32)13-31(30-22)14-25(8-2-3-9-25)17-5-6-18(26)19(27)11-17;1-24-22(30)20-21(29)19(28)14-27(26-20)15-23(10-2-3-11-23)18-6-4-16(5-7-18)17-8-12-25-13-9-17/h4-7,10-11,13,32H,2-3,8-9,12,14H2,1H3,(H,29,34);4-9,12-14,28H,2-3,10-11,15H2,1H3,(H,24,30). The van der Waals surface area contributed by atoms with Crippen molar-refractivity contribution in [1.29, 1.82) is 0 Å². The largest absolute Gasteiger partial charge is 0.503 e. The number of aromatic nitrogens is 5. The molecular formula is C48H48Cl2FN7O6. The summed E-state index contributed by atoms with van der Waals surface area (Å²) in [6.07, 6.45) is 14.0. The van der Waals surface area contributed by atoms with E-state index in [4.69, 9.17) is 23.2 Å². The summed E-state index contributed by atoms with van der Waals surface area (Å²) in [6.45, 7) is 2.56. The number of halogens is 3. The van der Waals surface area contributed by atoms with E-state index in [2.05, 4.69) is 50.1 Å². The van der Waals surface area contributed by atoms with Gasteiger partial charge in [-0.15, -0.1) is 0 Å². The first-order valence-corrected chi connectivity index (χ1v) is 21.8. The van der Waals surface area contributed by atoms with E-state index in [-0.39, 0.29) is 28.9 Å². The molecule has 13 nitrogen and oxygen atoms in total. The molecule has 8 rings (SSSR count). The molecule has 2 aliphatic carbocycles. The van der Waals surface area contributed by atoms with Gasteiger partial charge in [-0.3, -0.25) is 33.5 Å². The van der Waals surface area contributed by atoms with E-state index >= 15 is 0 Å². The van der Waals surface area contributed by atoms with Gasteiger partial charge in [-0.05, 0) is 96.3 Å². The Labute approximate surface area is 378 Å². The van der Waals surface area contributed by atoms with Gasteiger partial charge in [0, 0.05) is 36.8 Å². The molecule has 0 bridgehead atoms. The Hall–Kier alpha value is -6.38. The lowest BCUT2D eigenvalue weighted by Crippen LogP contribution is -2.34. The van der Waals surface area contributed by atoms with Crippen LogP contribution in [0.2, 0.25) is 10.0 Å². The molecule has 2 saturated carbocycles. The minimum Gasteiger partial charge on any atom is -0.503 e. The van der Waals surface area contributed by atoms with Crippen LogP contribution in [0.25, 0.3) is 11.1 Å². The molecule has 2 fully saturated rings. The Morgan fingerprint density at radius 2 is 1.22 bits per heavy atom. The van der Waals surface area contributed by atoms with Crippen molar-refractivity contribution in [3.8, 4) is 22.6 Å². The third kappa shape index (κ3) is 10.0. The monoisotopic (exact) mass is 907 g/mol. The summed E-state index contributed by atoms with van der Waals surface area (Å²) in [4.78, 5) is 53.4. The van der Waals surface area contributed by atoms with Crippen molar-refractivity contribution in [2.75, 3.05) is 7.05 Å². The van der Waals surface area contributed by atoms with Crippen LogP contribution < -0.4 is 21.5 Å². The Bertz CT molecular complexity index is 2790. The minimum atomic E-state index is -0.848. The lowest BCUT2D eigenvalue weighted by atomic mass is 9.78. The van der Waals surface area contributed by atoms with Crippen molar-refractivity contribution in [3.05, 3.63) is 168 Å². The molecule has 2 aliphatic rings.